The zero-order valence-corrected chi connectivity index (χ0v) is 54.9. The van der Waals surface area contributed by atoms with Crippen LogP contribution in [0.4, 0.5) is 16.2 Å². The highest BCUT2D eigenvalue weighted by Crippen LogP contribution is 2.36. The Morgan fingerprint density at radius 3 is 2.08 bits per heavy atom. The Morgan fingerprint density at radius 1 is 0.791 bits per heavy atom. The summed E-state index contributed by atoms with van der Waals surface area (Å²) in [5, 5.41) is 25.0. The van der Waals surface area contributed by atoms with Crippen molar-refractivity contribution >= 4 is 75.6 Å². The molecule has 486 valence electrons. The van der Waals surface area contributed by atoms with Gasteiger partial charge in [-0.2, -0.15) is 0 Å². The molecule has 20 nitrogen and oxygen atoms in total. The fraction of sp³-hybridized carbons (Fsp3) is 0.451. The van der Waals surface area contributed by atoms with Gasteiger partial charge in [0.15, 0.2) is 5.78 Å². The Kier molecular flexibility index (Phi) is 24.6. The average molecular weight is 1250 g/mol. The fourth-order valence-electron chi connectivity index (χ4n) is 11.5. The van der Waals surface area contributed by atoms with Crippen LogP contribution in [-0.4, -0.2) is 113 Å². The molecule has 20 heteroatoms. The summed E-state index contributed by atoms with van der Waals surface area (Å²) >= 11 is 0. The van der Waals surface area contributed by atoms with Crippen LogP contribution < -0.4 is 37.2 Å². The number of urea groups is 1. The van der Waals surface area contributed by atoms with Crippen LogP contribution in [0.1, 0.15) is 141 Å². The first kappa shape index (κ1) is 71.0. The van der Waals surface area contributed by atoms with Crippen molar-refractivity contribution in [2.24, 2.45) is 36.0 Å². The standard InChI is InChI=1S/C71H91N9O11/c1-43(2)56(37-45(5)68(88)89)79(13)67(87)64(70(6,7)8)77-66(86)63(73-11)71(9,10)54-41-78(12)57-38-46(26-32-53(54)57)27-35-61(84)91-42-47-24-30-52(31-25-47)75-65(85)50(22-18-36-74-69(72)90)39-58(81)62(44(3)4)76-59(82)33-34-60(83)80-40-51-21-15-14-19-48(51)28-29-49-20-16-17-23-55(49)80/h14-17,19-21,23-26,30-32,37-38,41,43-44,50,56,62-64,73H,18,22,27,33-36,39-40,42H2,1-13H3,(H,75,85)(H,76,82)(H,77,86)(H,88,89)(H3,72,74,90)/b45-37+/t50-,56-,62+,63+,64-/m1/s1. The number of amides is 7. The molecule has 0 bridgehead atoms. The summed E-state index contributed by atoms with van der Waals surface area (Å²) < 4.78 is 7.65. The summed E-state index contributed by atoms with van der Waals surface area (Å²) in [7, 11) is 5.25. The van der Waals surface area contributed by atoms with E-state index in [-0.39, 0.29) is 92.7 Å². The molecule has 7 amide bonds. The smallest absolute Gasteiger partial charge is 0.331 e. The molecule has 5 atom stereocenters. The van der Waals surface area contributed by atoms with E-state index in [1.54, 1.807) is 63.2 Å². The first-order valence-electron chi connectivity index (χ1n) is 31.1. The van der Waals surface area contributed by atoms with Gasteiger partial charge in [0.2, 0.25) is 29.5 Å². The maximum atomic E-state index is 14.4. The van der Waals surface area contributed by atoms with Crippen molar-refractivity contribution in [2.75, 3.05) is 30.9 Å². The molecule has 91 heavy (non-hydrogen) atoms. The number of carboxylic acids is 1. The number of fused-ring (bicyclic) bond motifs is 3. The third-order valence-electron chi connectivity index (χ3n) is 16.8. The predicted molar refractivity (Wildman–Crippen MR) is 352 cm³/mol. The number of ketones is 1. The first-order chi connectivity index (χ1) is 42.9. The Bertz CT molecular complexity index is 3580. The zero-order chi connectivity index (χ0) is 67.1. The Hall–Kier alpha value is -9.09. The molecule has 1 aromatic heterocycles. The van der Waals surface area contributed by atoms with Crippen LogP contribution >= 0.6 is 0 Å². The van der Waals surface area contributed by atoms with Gasteiger partial charge in [-0.3, -0.25) is 33.6 Å². The van der Waals surface area contributed by atoms with Crippen LogP contribution in [0.3, 0.4) is 0 Å². The van der Waals surface area contributed by atoms with Crippen molar-refractivity contribution in [2.45, 2.75) is 157 Å². The highest BCUT2D eigenvalue weighted by Gasteiger charge is 2.43. The molecule has 6 rings (SSSR count). The Morgan fingerprint density at radius 2 is 1.44 bits per heavy atom. The molecule has 5 aromatic rings. The lowest BCUT2D eigenvalue weighted by Gasteiger charge is -2.39. The highest BCUT2D eigenvalue weighted by atomic mass is 16.5. The lowest BCUT2D eigenvalue weighted by molar-refractivity contribution is -0.145. The molecule has 0 radical (unpaired) electrons. The van der Waals surface area contributed by atoms with E-state index in [4.69, 9.17) is 10.5 Å². The van der Waals surface area contributed by atoms with Crippen molar-refractivity contribution in [1.29, 1.82) is 0 Å². The van der Waals surface area contributed by atoms with Crippen molar-refractivity contribution in [3.8, 4) is 11.8 Å². The number of Topliss-reactive ketones (excluding diaryl/α,β-unsaturated/α-hetero) is 1. The van der Waals surface area contributed by atoms with Gasteiger partial charge in [0.05, 0.1) is 30.4 Å². The lowest BCUT2D eigenvalue weighted by Crippen LogP contribution is -2.61. The van der Waals surface area contributed by atoms with Gasteiger partial charge in [-0.05, 0) is 109 Å². The number of carboxylic acid groups (broad SMARTS) is 1. The van der Waals surface area contributed by atoms with Crippen LogP contribution in [0.5, 0.6) is 0 Å². The molecule has 2 heterocycles. The van der Waals surface area contributed by atoms with E-state index >= 15 is 0 Å². The molecular formula is C71H91N9O11. The van der Waals surface area contributed by atoms with Crippen molar-refractivity contribution in [3.63, 3.8) is 0 Å². The number of anilines is 2. The minimum Gasteiger partial charge on any atom is -0.478 e. The number of nitrogens with zero attached hydrogens (tertiary/aromatic N) is 3. The number of likely N-dealkylation sites (N-methyl/N-ethyl adjacent to an activating group) is 2. The van der Waals surface area contributed by atoms with Crippen LogP contribution in [0.25, 0.3) is 10.9 Å². The number of nitrogens with two attached hydrogens (primary N) is 1. The van der Waals surface area contributed by atoms with Gasteiger partial charge in [0.25, 0.3) is 0 Å². The largest absolute Gasteiger partial charge is 0.478 e. The van der Waals surface area contributed by atoms with Gasteiger partial charge in [-0.15, -0.1) is 0 Å². The lowest BCUT2D eigenvalue weighted by atomic mass is 9.76. The number of aromatic nitrogens is 1. The number of aliphatic carboxylic acids is 1. The van der Waals surface area contributed by atoms with Crippen LogP contribution in [0.15, 0.2) is 109 Å². The quantitative estimate of drug-likeness (QED) is 0.0103. The van der Waals surface area contributed by atoms with Crippen molar-refractivity contribution < 1.29 is 53.0 Å². The highest BCUT2D eigenvalue weighted by molar-refractivity contribution is 6.00. The summed E-state index contributed by atoms with van der Waals surface area (Å²) in [4.78, 5) is 124. The second kappa shape index (κ2) is 31.6. The number of nitrogens with one attached hydrogen (secondary N) is 5. The summed E-state index contributed by atoms with van der Waals surface area (Å²) in [6.45, 7) is 18.9. The first-order valence-corrected chi connectivity index (χ1v) is 31.1. The normalized spacial score (nSPS) is 14.0. The van der Waals surface area contributed by atoms with E-state index in [0.717, 1.165) is 33.2 Å². The number of primary amides is 1. The Balaban J connectivity index is 1.03. The molecule has 0 spiro atoms. The van der Waals surface area contributed by atoms with E-state index in [0.29, 0.717) is 35.3 Å². The van der Waals surface area contributed by atoms with Gasteiger partial charge >= 0.3 is 18.0 Å². The Labute approximate surface area is 534 Å². The summed E-state index contributed by atoms with van der Waals surface area (Å²) in [5.74, 6) is 1.27. The number of hydrogen-bond acceptors (Lipinski definition) is 11. The number of para-hydroxylation sites is 1. The van der Waals surface area contributed by atoms with Crippen LogP contribution in [0.2, 0.25) is 0 Å². The molecular weight excluding hydrogens is 1150 g/mol. The zero-order valence-electron chi connectivity index (χ0n) is 54.9. The number of carbonyl (C=O) groups excluding carboxylic acids is 8. The van der Waals surface area contributed by atoms with Crippen molar-refractivity contribution in [1.82, 2.24) is 30.7 Å². The number of carbonyl (C=O) groups is 9. The second-order valence-electron chi connectivity index (χ2n) is 25.9. The molecule has 0 fully saturated rings. The number of esters is 1. The third-order valence-corrected chi connectivity index (χ3v) is 16.8. The van der Waals surface area contributed by atoms with Gasteiger partial charge in [-0.1, -0.05) is 135 Å². The number of rotatable bonds is 29. The number of hydrogen-bond donors (Lipinski definition) is 7. The van der Waals surface area contributed by atoms with Gasteiger partial charge < -0.3 is 56.5 Å². The molecule has 0 saturated heterocycles. The van der Waals surface area contributed by atoms with E-state index in [9.17, 15) is 48.3 Å². The number of benzene rings is 4. The van der Waals surface area contributed by atoms with E-state index in [2.05, 4.69) is 38.4 Å². The number of aryl methyl sites for hydroxylation is 2. The molecule has 0 unspecified atom stereocenters. The van der Waals surface area contributed by atoms with Crippen LogP contribution in [0, 0.1) is 35.0 Å². The maximum Gasteiger partial charge on any atom is 0.331 e. The fourth-order valence-corrected chi connectivity index (χ4v) is 11.5. The van der Waals surface area contributed by atoms with E-state index < -0.39 is 70.7 Å². The summed E-state index contributed by atoms with van der Waals surface area (Å²) in [5.41, 5.74) is 10.7. The van der Waals surface area contributed by atoms with Gasteiger partial charge in [0.1, 0.15) is 12.6 Å². The minimum atomic E-state index is -1.07. The minimum absolute atomic E-state index is 0.0252. The molecule has 8 N–H and O–H groups in total. The topological polar surface area (TPSA) is 281 Å². The van der Waals surface area contributed by atoms with E-state index in [1.165, 1.54) is 11.8 Å². The molecule has 1 aliphatic heterocycles. The summed E-state index contributed by atoms with van der Waals surface area (Å²) in [6.07, 6.45) is 4.06. The maximum absolute atomic E-state index is 14.4. The molecule has 1 aliphatic rings. The molecule has 0 aliphatic carbocycles. The van der Waals surface area contributed by atoms with E-state index in [1.807, 2.05) is 133 Å². The van der Waals surface area contributed by atoms with Crippen molar-refractivity contribution in [3.05, 3.63) is 142 Å². The van der Waals surface area contributed by atoms with Gasteiger partial charge in [0, 0.05) is 97.1 Å². The average Bonchev–Trinajstić information content (AvgIpc) is 1.66. The molecule has 4 aromatic carbocycles. The second-order valence-corrected chi connectivity index (χ2v) is 25.9. The third kappa shape index (κ3) is 19.0. The van der Waals surface area contributed by atoms with Gasteiger partial charge in [-0.25, -0.2) is 9.59 Å². The monoisotopic (exact) mass is 1250 g/mol. The predicted octanol–water partition coefficient (Wildman–Crippen LogP) is 8.59. The number of ether oxygens (including phenoxy) is 1. The summed E-state index contributed by atoms with van der Waals surface area (Å²) in [6, 6.07) is 23.7. The SMILES string of the molecule is CN[C@@H](C(=O)N[C@H](C(=O)N(C)[C@H](/C=C(\C)C(=O)O)C(C)C)C(C)(C)C)C(C)(C)c1cn(C)c2cc(CCC(=O)OCc3ccc(NC(=O)[C@H](CCCNC(N)=O)CC(=O)[C@@H](NC(=O)CCC(=O)N4Cc5ccccc5C#Cc5ccccc54)C(C)C)cc3)ccc12. The van der Waals surface area contributed by atoms with Crippen LogP contribution in [-0.2, 0) is 75.1 Å². The molecule has 0 saturated carbocycles.